The second-order valence-corrected chi connectivity index (χ2v) is 8.63. The van der Waals surface area contributed by atoms with Crippen molar-refractivity contribution in [2.24, 2.45) is 5.92 Å². The summed E-state index contributed by atoms with van der Waals surface area (Å²) >= 11 is 0. The van der Waals surface area contributed by atoms with Crippen molar-refractivity contribution in [1.82, 2.24) is 10.3 Å². The molecule has 0 aliphatic carbocycles. The third-order valence-electron chi connectivity index (χ3n) is 4.78. The summed E-state index contributed by atoms with van der Waals surface area (Å²) in [6, 6.07) is 8.99. The van der Waals surface area contributed by atoms with Crippen molar-refractivity contribution < 1.29 is 19.1 Å². The zero-order chi connectivity index (χ0) is 24.6. The molecule has 0 saturated heterocycles. The molecule has 0 fully saturated rings. The third-order valence-corrected chi connectivity index (χ3v) is 4.78. The average Bonchev–Trinajstić information content (AvgIpc) is 2.76. The highest BCUT2D eigenvalue weighted by Crippen LogP contribution is 2.31. The molecule has 0 radical (unpaired) electrons. The van der Waals surface area contributed by atoms with Gasteiger partial charge < -0.3 is 20.1 Å². The Morgan fingerprint density at radius 2 is 1.94 bits per heavy atom. The fourth-order valence-corrected chi connectivity index (χ4v) is 3.03. The van der Waals surface area contributed by atoms with E-state index in [9.17, 15) is 9.59 Å². The molecule has 1 heterocycles. The number of nitrogens with one attached hydrogen (secondary N) is 2. The van der Waals surface area contributed by atoms with Gasteiger partial charge in [0.15, 0.2) is 0 Å². The molecule has 0 saturated carbocycles. The van der Waals surface area contributed by atoms with Gasteiger partial charge in [-0.25, -0.2) is 4.79 Å². The molecule has 2 aromatic rings. The second kappa shape index (κ2) is 11.3. The van der Waals surface area contributed by atoms with Crippen molar-refractivity contribution in [3.05, 3.63) is 67.4 Å². The molecule has 2 atom stereocenters. The van der Waals surface area contributed by atoms with Crippen molar-refractivity contribution >= 4 is 17.7 Å². The van der Waals surface area contributed by atoms with E-state index in [1.54, 1.807) is 31.3 Å². The van der Waals surface area contributed by atoms with Crippen LogP contribution in [0.5, 0.6) is 5.75 Å². The third kappa shape index (κ3) is 7.49. The molecule has 33 heavy (non-hydrogen) atoms. The molecule has 0 spiro atoms. The van der Waals surface area contributed by atoms with E-state index in [4.69, 9.17) is 9.47 Å². The highest BCUT2D eigenvalue weighted by atomic mass is 16.6. The Morgan fingerprint density at radius 1 is 1.21 bits per heavy atom. The van der Waals surface area contributed by atoms with E-state index in [0.29, 0.717) is 23.6 Å². The Kier molecular flexibility index (Phi) is 8.79. The molecule has 7 nitrogen and oxygen atoms in total. The van der Waals surface area contributed by atoms with Gasteiger partial charge >= 0.3 is 6.09 Å². The van der Waals surface area contributed by atoms with E-state index < -0.39 is 11.7 Å². The van der Waals surface area contributed by atoms with Crippen LogP contribution in [0.2, 0.25) is 0 Å². The zero-order valence-corrected chi connectivity index (χ0v) is 20.0. The fourth-order valence-electron chi connectivity index (χ4n) is 3.03. The van der Waals surface area contributed by atoms with Gasteiger partial charge in [0.2, 0.25) is 5.91 Å². The van der Waals surface area contributed by atoms with Crippen LogP contribution in [0.3, 0.4) is 0 Å². The molecule has 1 aromatic heterocycles. The smallest absolute Gasteiger partial charge is 0.408 e. The molecule has 2 N–H and O–H groups in total. The summed E-state index contributed by atoms with van der Waals surface area (Å²) in [5.41, 5.74) is 2.12. The minimum Gasteiger partial charge on any atom is -0.495 e. The first-order valence-corrected chi connectivity index (χ1v) is 10.8. The number of carbonyl (C=O) groups excluding carboxylic acids is 2. The lowest BCUT2D eigenvalue weighted by Gasteiger charge is -2.23. The average molecular weight is 452 g/mol. The number of methoxy groups -OCH3 is 1. The lowest BCUT2D eigenvalue weighted by molar-refractivity contribution is -0.118. The Labute approximate surface area is 195 Å². The van der Waals surface area contributed by atoms with E-state index in [-0.39, 0.29) is 17.9 Å². The fraction of sp³-hybridized carbons (Fsp3) is 0.346. The van der Waals surface area contributed by atoms with Crippen molar-refractivity contribution in [2.45, 2.75) is 45.8 Å². The quantitative estimate of drug-likeness (QED) is 0.480. The monoisotopic (exact) mass is 451 g/mol. The summed E-state index contributed by atoms with van der Waals surface area (Å²) in [7, 11) is 1.54. The normalized spacial score (nSPS) is 12.8. The van der Waals surface area contributed by atoms with Gasteiger partial charge in [0, 0.05) is 11.6 Å². The number of ether oxygens (including phenoxy) is 2. The number of anilines is 1. The maximum absolute atomic E-state index is 12.5. The predicted molar refractivity (Wildman–Crippen MR) is 131 cm³/mol. The summed E-state index contributed by atoms with van der Waals surface area (Å²) in [5.74, 6) is -0.0495. The number of nitrogens with zero attached hydrogens (tertiary/aromatic N) is 1. The number of alkyl carbamates (subject to hydrolysis) is 1. The SMILES string of the molecule is C=CC[C@H](NC(=O)OC(C)(C)C)c1cccc(-c2ncc(OC)cc2NC(=O)[C@H](C)C=C)c1. The lowest BCUT2D eigenvalue weighted by atomic mass is 9.99. The van der Waals surface area contributed by atoms with Gasteiger partial charge in [0.25, 0.3) is 0 Å². The molecule has 2 rings (SSSR count). The van der Waals surface area contributed by atoms with Crippen LogP contribution in [0, 0.1) is 5.92 Å². The molecule has 1 aromatic carbocycles. The topological polar surface area (TPSA) is 89.6 Å². The van der Waals surface area contributed by atoms with Gasteiger partial charge in [-0.3, -0.25) is 9.78 Å². The first kappa shape index (κ1) is 25.6. The number of pyridine rings is 1. The Balaban J connectivity index is 2.42. The molecule has 7 heteroatoms. The van der Waals surface area contributed by atoms with Gasteiger partial charge in [-0.2, -0.15) is 0 Å². The molecule has 0 aliphatic heterocycles. The maximum atomic E-state index is 12.5. The van der Waals surface area contributed by atoms with Crippen LogP contribution in [0.25, 0.3) is 11.3 Å². The van der Waals surface area contributed by atoms with Crippen LogP contribution in [-0.2, 0) is 9.53 Å². The molecule has 0 unspecified atom stereocenters. The molecule has 2 amide bonds. The van der Waals surface area contributed by atoms with Gasteiger partial charge in [0.05, 0.1) is 36.6 Å². The summed E-state index contributed by atoms with van der Waals surface area (Å²) in [6.45, 7) is 14.7. The molecular weight excluding hydrogens is 418 g/mol. The molecule has 0 aliphatic rings. The Morgan fingerprint density at radius 3 is 2.55 bits per heavy atom. The van der Waals surface area contributed by atoms with Gasteiger partial charge in [-0.15, -0.1) is 13.2 Å². The van der Waals surface area contributed by atoms with E-state index in [0.717, 1.165) is 11.1 Å². The van der Waals surface area contributed by atoms with Gasteiger partial charge in [0.1, 0.15) is 11.4 Å². The summed E-state index contributed by atoms with van der Waals surface area (Å²) < 4.78 is 10.7. The van der Waals surface area contributed by atoms with Crippen molar-refractivity contribution in [3.8, 4) is 17.0 Å². The van der Waals surface area contributed by atoms with Gasteiger partial charge in [-0.1, -0.05) is 37.3 Å². The maximum Gasteiger partial charge on any atom is 0.408 e. The standard InChI is InChI=1S/C26H33N3O4/c1-8-11-21(29-25(31)33-26(4,5)6)18-12-10-13-19(14-18)23-22(15-20(32-7)16-27-23)28-24(30)17(3)9-2/h8-10,12-17,21H,1-2,11H2,3-7H3,(H,28,30)(H,29,31)/t17-,21+/m1/s1. The lowest BCUT2D eigenvalue weighted by Crippen LogP contribution is -2.34. The number of hydrogen-bond donors (Lipinski definition) is 2. The largest absolute Gasteiger partial charge is 0.495 e. The predicted octanol–water partition coefficient (Wildman–Crippen LogP) is 5.66. The van der Waals surface area contributed by atoms with E-state index in [1.807, 2.05) is 45.0 Å². The van der Waals surface area contributed by atoms with E-state index >= 15 is 0 Å². The number of amides is 2. The minimum absolute atomic E-state index is 0.200. The van der Waals surface area contributed by atoms with Crippen LogP contribution < -0.4 is 15.4 Å². The van der Waals surface area contributed by atoms with Crippen LogP contribution in [0.1, 0.15) is 45.7 Å². The highest BCUT2D eigenvalue weighted by Gasteiger charge is 2.21. The van der Waals surface area contributed by atoms with E-state index in [2.05, 4.69) is 28.8 Å². The summed E-state index contributed by atoms with van der Waals surface area (Å²) in [6.07, 6.45) is 4.91. The first-order valence-electron chi connectivity index (χ1n) is 10.8. The van der Waals surface area contributed by atoms with Crippen LogP contribution in [-0.4, -0.2) is 29.7 Å². The second-order valence-electron chi connectivity index (χ2n) is 8.63. The van der Waals surface area contributed by atoms with Crippen molar-refractivity contribution in [1.29, 1.82) is 0 Å². The van der Waals surface area contributed by atoms with E-state index in [1.165, 1.54) is 7.11 Å². The molecule has 176 valence electrons. The number of carbonyl (C=O) groups is 2. The molecule has 0 bridgehead atoms. The van der Waals surface area contributed by atoms with Crippen LogP contribution in [0.15, 0.2) is 61.8 Å². The number of benzene rings is 1. The highest BCUT2D eigenvalue weighted by molar-refractivity contribution is 5.97. The Hall–Kier alpha value is -3.61. The number of rotatable bonds is 9. The van der Waals surface area contributed by atoms with Gasteiger partial charge in [-0.05, 0) is 38.8 Å². The zero-order valence-electron chi connectivity index (χ0n) is 20.0. The van der Waals surface area contributed by atoms with Crippen LogP contribution in [0.4, 0.5) is 10.5 Å². The van der Waals surface area contributed by atoms with Crippen molar-refractivity contribution in [2.75, 3.05) is 12.4 Å². The number of hydrogen-bond acceptors (Lipinski definition) is 5. The summed E-state index contributed by atoms with van der Waals surface area (Å²) in [4.78, 5) is 29.4. The van der Waals surface area contributed by atoms with Crippen molar-refractivity contribution in [3.63, 3.8) is 0 Å². The number of aromatic nitrogens is 1. The Bertz CT molecular complexity index is 1010. The molecular formula is C26H33N3O4. The first-order chi connectivity index (χ1) is 15.6. The minimum atomic E-state index is -0.604. The summed E-state index contributed by atoms with van der Waals surface area (Å²) in [5, 5.41) is 5.81. The van der Waals surface area contributed by atoms with Crippen LogP contribution >= 0.6 is 0 Å².